The van der Waals surface area contributed by atoms with Crippen molar-refractivity contribution in [3.05, 3.63) is 41.7 Å². The Balaban J connectivity index is 1.69. The van der Waals surface area contributed by atoms with E-state index in [0.717, 1.165) is 30.7 Å². The van der Waals surface area contributed by atoms with Crippen LogP contribution in [0.2, 0.25) is 0 Å². The van der Waals surface area contributed by atoms with Gasteiger partial charge in [0.2, 0.25) is 0 Å². The van der Waals surface area contributed by atoms with E-state index >= 15 is 0 Å². The average molecular weight is 285 g/mol. The molecule has 1 amide bonds. The highest BCUT2D eigenvalue weighted by Gasteiger charge is 2.26. The van der Waals surface area contributed by atoms with Crippen molar-refractivity contribution in [2.24, 2.45) is 7.05 Å². The SMILES string of the molecule is CCC(NC(=O)c1cnc(C2CC2)nc1)c1cnn(C)c1. The summed E-state index contributed by atoms with van der Waals surface area (Å²) in [5.41, 5.74) is 1.51. The van der Waals surface area contributed by atoms with Crippen LogP contribution in [0.25, 0.3) is 0 Å². The van der Waals surface area contributed by atoms with Gasteiger partial charge in [0, 0.05) is 37.1 Å². The number of aryl methyl sites for hydroxylation is 1. The molecule has 2 aromatic heterocycles. The van der Waals surface area contributed by atoms with Gasteiger partial charge in [-0.25, -0.2) is 9.97 Å². The van der Waals surface area contributed by atoms with Crippen LogP contribution in [0, 0.1) is 0 Å². The summed E-state index contributed by atoms with van der Waals surface area (Å²) < 4.78 is 1.73. The van der Waals surface area contributed by atoms with E-state index in [4.69, 9.17) is 0 Å². The standard InChI is InChI=1S/C15H19N5O/c1-3-13(12-8-18-20(2)9-12)19-15(21)11-6-16-14(17-7-11)10-4-5-10/h6-10,13H,3-5H2,1-2H3,(H,19,21). The predicted octanol–water partition coefficient (Wildman–Crippen LogP) is 1.97. The van der Waals surface area contributed by atoms with E-state index in [1.165, 1.54) is 0 Å². The maximum absolute atomic E-state index is 12.3. The normalized spacial score (nSPS) is 15.7. The molecule has 2 heterocycles. The molecule has 2 aromatic rings. The first-order valence-electron chi connectivity index (χ1n) is 7.28. The lowest BCUT2D eigenvalue weighted by atomic mass is 10.1. The Hall–Kier alpha value is -2.24. The van der Waals surface area contributed by atoms with Gasteiger partial charge in [-0.1, -0.05) is 6.92 Å². The van der Waals surface area contributed by atoms with Crippen molar-refractivity contribution in [2.75, 3.05) is 0 Å². The van der Waals surface area contributed by atoms with Crippen molar-refractivity contribution in [3.8, 4) is 0 Å². The maximum atomic E-state index is 12.3. The molecule has 1 fully saturated rings. The number of carbonyl (C=O) groups is 1. The molecule has 1 saturated carbocycles. The third-order valence-electron chi connectivity index (χ3n) is 3.72. The van der Waals surface area contributed by atoms with Crippen molar-refractivity contribution >= 4 is 5.91 Å². The van der Waals surface area contributed by atoms with Crippen LogP contribution < -0.4 is 5.32 Å². The van der Waals surface area contributed by atoms with E-state index in [2.05, 4.69) is 20.4 Å². The number of aromatic nitrogens is 4. The zero-order valence-electron chi connectivity index (χ0n) is 12.3. The number of amides is 1. The Kier molecular flexibility index (Phi) is 3.68. The molecule has 0 aromatic carbocycles. The van der Waals surface area contributed by atoms with E-state index in [1.54, 1.807) is 23.3 Å². The van der Waals surface area contributed by atoms with E-state index in [-0.39, 0.29) is 11.9 Å². The molecule has 21 heavy (non-hydrogen) atoms. The van der Waals surface area contributed by atoms with Gasteiger partial charge >= 0.3 is 0 Å². The summed E-state index contributed by atoms with van der Waals surface area (Å²) in [6, 6.07) is -0.0469. The summed E-state index contributed by atoms with van der Waals surface area (Å²) in [7, 11) is 1.86. The quantitative estimate of drug-likeness (QED) is 0.911. The van der Waals surface area contributed by atoms with E-state index < -0.39 is 0 Å². The van der Waals surface area contributed by atoms with Gasteiger partial charge in [-0.05, 0) is 19.3 Å². The highest BCUT2D eigenvalue weighted by atomic mass is 16.1. The molecule has 1 atom stereocenters. The fourth-order valence-electron chi connectivity index (χ4n) is 2.29. The smallest absolute Gasteiger partial charge is 0.254 e. The molecule has 6 nitrogen and oxygen atoms in total. The van der Waals surface area contributed by atoms with Crippen LogP contribution in [0.3, 0.4) is 0 Å². The highest BCUT2D eigenvalue weighted by molar-refractivity contribution is 5.93. The Labute approximate surface area is 123 Å². The van der Waals surface area contributed by atoms with Gasteiger partial charge in [0.05, 0.1) is 17.8 Å². The van der Waals surface area contributed by atoms with Crippen LogP contribution in [0.4, 0.5) is 0 Å². The van der Waals surface area contributed by atoms with Gasteiger partial charge in [0.15, 0.2) is 0 Å². The van der Waals surface area contributed by atoms with Crippen LogP contribution >= 0.6 is 0 Å². The minimum absolute atomic E-state index is 0.0469. The van der Waals surface area contributed by atoms with Crippen molar-refractivity contribution in [1.82, 2.24) is 25.1 Å². The van der Waals surface area contributed by atoms with Gasteiger partial charge in [0.1, 0.15) is 5.82 Å². The van der Waals surface area contributed by atoms with Crippen molar-refractivity contribution in [3.63, 3.8) is 0 Å². The van der Waals surface area contributed by atoms with Crippen molar-refractivity contribution in [1.29, 1.82) is 0 Å². The summed E-state index contributed by atoms with van der Waals surface area (Å²) in [5.74, 6) is 1.21. The van der Waals surface area contributed by atoms with Crippen LogP contribution in [-0.4, -0.2) is 25.7 Å². The molecule has 3 rings (SSSR count). The van der Waals surface area contributed by atoms with E-state index in [9.17, 15) is 4.79 Å². The first-order chi connectivity index (χ1) is 10.2. The summed E-state index contributed by atoms with van der Waals surface area (Å²) in [5, 5.41) is 7.15. The molecule has 1 aliphatic carbocycles. The van der Waals surface area contributed by atoms with Crippen LogP contribution in [0.1, 0.15) is 59.9 Å². The van der Waals surface area contributed by atoms with Gasteiger partial charge in [0.25, 0.3) is 5.91 Å². The molecule has 0 bridgehead atoms. The number of nitrogens with zero attached hydrogens (tertiary/aromatic N) is 4. The van der Waals surface area contributed by atoms with Crippen molar-refractivity contribution in [2.45, 2.75) is 38.1 Å². The van der Waals surface area contributed by atoms with E-state index in [1.807, 2.05) is 20.2 Å². The topological polar surface area (TPSA) is 72.7 Å². The van der Waals surface area contributed by atoms with Gasteiger partial charge < -0.3 is 5.32 Å². The molecular formula is C15H19N5O. The zero-order valence-corrected chi connectivity index (χ0v) is 12.3. The molecular weight excluding hydrogens is 266 g/mol. The average Bonchev–Trinajstić information content (AvgIpc) is 3.27. The highest BCUT2D eigenvalue weighted by Crippen LogP contribution is 2.37. The fourth-order valence-corrected chi connectivity index (χ4v) is 2.29. The Morgan fingerprint density at radius 2 is 2.10 bits per heavy atom. The molecule has 6 heteroatoms. The van der Waals surface area contributed by atoms with Gasteiger partial charge in [-0.2, -0.15) is 5.10 Å². The number of nitrogens with one attached hydrogen (secondary N) is 1. The maximum Gasteiger partial charge on any atom is 0.254 e. The molecule has 1 N–H and O–H groups in total. The lowest BCUT2D eigenvalue weighted by Crippen LogP contribution is -2.28. The van der Waals surface area contributed by atoms with Crippen LogP contribution in [0.5, 0.6) is 0 Å². The molecule has 0 radical (unpaired) electrons. The summed E-state index contributed by atoms with van der Waals surface area (Å²) in [4.78, 5) is 20.8. The van der Waals surface area contributed by atoms with Gasteiger partial charge in [-0.3, -0.25) is 9.48 Å². The lowest BCUT2D eigenvalue weighted by molar-refractivity contribution is 0.0934. The van der Waals surface area contributed by atoms with Crippen LogP contribution in [-0.2, 0) is 7.05 Å². The summed E-state index contributed by atoms with van der Waals surface area (Å²) in [6.45, 7) is 2.03. The summed E-state index contributed by atoms with van der Waals surface area (Å²) >= 11 is 0. The Bertz CT molecular complexity index is 630. The monoisotopic (exact) mass is 285 g/mol. The van der Waals surface area contributed by atoms with Crippen LogP contribution in [0.15, 0.2) is 24.8 Å². The second-order valence-corrected chi connectivity index (χ2v) is 5.49. The molecule has 1 unspecified atom stereocenters. The second-order valence-electron chi connectivity index (χ2n) is 5.49. The number of carbonyl (C=O) groups excluding carboxylic acids is 1. The molecule has 110 valence electrons. The lowest BCUT2D eigenvalue weighted by Gasteiger charge is -2.15. The fraction of sp³-hybridized carbons (Fsp3) is 0.467. The minimum atomic E-state index is -0.145. The third-order valence-corrected chi connectivity index (χ3v) is 3.72. The molecule has 0 aliphatic heterocycles. The Morgan fingerprint density at radius 3 is 2.62 bits per heavy atom. The number of rotatable bonds is 5. The predicted molar refractivity (Wildman–Crippen MR) is 77.7 cm³/mol. The molecule has 0 saturated heterocycles. The Morgan fingerprint density at radius 1 is 1.38 bits per heavy atom. The van der Waals surface area contributed by atoms with E-state index in [0.29, 0.717) is 11.5 Å². The second kappa shape index (κ2) is 5.63. The number of hydrogen-bond donors (Lipinski definition) is 1. The zero-order chi connectivity index (χ0) is 14.8. The molecule has 0 spiro atoms. The molecule has 1 aliphatic rings. The minimum Gasteiger partial charge on any atom is -0.345 e. The third kappa shape index (κ3) is 3.09. The summed E-state index contributed by atoms with van der Waals surface area (Å²) in [6.07, 6.45) is 10.0. The van der Waals surface area contributed by atoms with Gasteiger partial charge in [-0.15, -0.1) is 0 Å². The number of hydrogen-bond acceptors (Lipinski definition) is 4. The first kappa shape index (κ1) is 13.7. The first-order valence-corrected chi connectivity index (χ1v) is 7.28. The largest absolute Gasteiger partial charge is 0.345 e. The van der Waals surface area contributed by atoms with Crippen molar-refractivity contribution < 1.29 is 4.79 Å².